The first-order valence-corrected chi connectivity index (χ1v) is 8.69. The van der Waals surface area contributed by atoms with E-state index in [1.54, 1.807) is 12.1 Å². The summed E-state index contributed by atoms with van der Waals surface area (Å²) in [6, 6.07) is 16.5. The Morgan fingerprint density at radius 3 is 2.42 bits per heavy atom. The van der Waals surface area contributed by atoms with Crippen molar-refractivity contribution in [3.63, 3.8) is 0 Å². The lowest BCUT2D eigenvalue weighted by atomic mass is 10.1. The molecule has 0 aliphatic rings. The third-order valence-electron chi connectivity index (χ3n) is 3.62. The van der Waals surface area contributed by atoms with Crippen LogP contribution in [0.25, 0.3) is 11.1 Å². The van der Waals surface area contributed by atoms with E-state index in [4.69, 9.17) is 16.7 Å². The molecule has 3 aromatic rings. The first-order chi connectivity index (χ1) is 12.5. The molecule has 0 saturated carbocycles. The van der Waals surface area contributed by atoms with E-state index in [1.807, 2.05) is 30.3 Å². The van der Waals surface area contributed by atoms with Gasteiger partial charge in [0.05, 0.1) is 21.2 Å². The number of carboxylic acids is 1. The number of hydrogen-bond acceptors (Lipinski definition) is 4. The van der Waals surface area contributed by atoms with Crippen molar-refractivity contribution in [3.05, 3.63) is 77.1 Å². The zero-order chi connectivity index (χ0) is 18.7. The molecule has 0 fully saturated rings. The van der Waals surface area contributed by atoms with Crippen molar-refractivity contribution >= 4 is 35.2 Å². The lowest BCUT2D eigenvalue weighted by Gasteiger charge is -2.11. The Kier molecular flexibility index (Phi) is 5.35. The average Bonchev–Trinajstić information content (AvgIpc) is 2.64. The Morgan fingerprint density at radius 2 is 1.77 bits per heavy atom. The maximum atomic E-state index is 14.4. The molecule has 0 spiro atoms. The fourth-order valence-electron chi connectivity index (χ4n) is 2.29. The molecule has 0 unspecified atom stereocenters. The highest BCUT2D eigenvalue weighted by Gasteiger charge is 2.14. The number of carboxylic acid groups (broad SMARTS) is 1. The summed E-state index contributed by atoms with van der Waals surface area (Å²) in [5.74, 6) is -1.92. The Balaban J connectivity index is 1.81. The van der Waals surface area contributed by atoms with Crippen LogP contribution in [-0.2, 0) is 0 Å². The van der Waals surface area contributed by atoms with Crippen LogP contribution in [0, 0.1) is 5.82 Å². The highest BCUT2D eigenvalue weighted by atomic mass is 35.5. The number of halogens is 2. The molecule has 4 nitrogen and oxygen atoms in total. The van der Waals surface area contributed by atoms with Gasteiger partial charge < -0.3 is 14.9 Å². The van der Waals surface area contributed by atoms with Gasteiger partial charge in [-0.1, -0.05) is 48.0 Å². The topological polar surface area (TPSA) is 69.6 Å². The molecule has 3 rings (SSSR count). The van der Waals surface area contributed by atoms with Gasteiger partial charge in [0.1, 0.15) is 11.6 Å². The third-order valence-corrected chi connectivity index (χ3v) is 4.76. The van der Waals surface area contributed by atoms with Gasteiger partial charge in [0.2, 0.25) is 0 Å². The van der Waals surface area contributed by atoms with Crippen LogP contribution in [-0.4, -0.2) is 16.2 Å². The first kappa shape index (κ1) is 18.1. The molecule has 0 aliphatic heterocycles. The number of hydrogen-bond donors (Lipinski definition) is 3. The van der Waals surface area contributed by atoms with Crippen molar-refractivity contribution < 1.29 is 19.4 Å². The van der Waals surface area contributed by atoms with Gasteiger partial charge in [0, 0.05) is 0 Å². The van der Waals surface area contributed by atoms with E-state index in [-0.39, 0.29) is 26.9 Å². The van der Waals surface area contributed by atoms with Crippen molar-refractivity contribution in [2.75, 3.05) is 4.72 Å². The van der Waals surface area contributed by atoms with Crippen molar-refractivity contribution in [1.82, 2.24) is 0 Å². The van der Waals surface area contributed by atoms with Gasteiger partial charge in [0.15, 0.2) is 0 Å². The monoisotopic (exact) mass is 389 g/mol. The number of anilines is 1. The fourth-order valence-corrected chi connectivity index (χ4v) is 3.35. The van der Waals surface area contributed by atoms with Crippen LogP contribution < -0.4 is 4.72 Å². The van der Waals surface area contributed by atoms with Gasteiger partial charge in [-0.2, -0.15) is 0 Å². The zero-order valence-electron chi connectivity index (χ0n) is 13.2. The molecule has 3 aromatic carbocycles. The van der Waals surface area contributed by atoms with Crippen molar-refractivity contribution in [1.29, 1.82) is 0 Å². The summed E-state index contributed by atoms with van der Waals surface area (Å²) >= 11 is 6.71. The number of benzene rings is 3. The second kappa shape index (κ2) is 7.68. The van der Waals surface area contributed by atoms with E-state index in [2.05, 4.69) is 4.72 Å². The summed E-state index contributed by atoms with van der Waals surface area (Å²) in [6.07, 6.45) is 0. The average molecular weight is 390 g/mol. The second-order valence-corrected chi connectivity index (χ2v) is 6.63. The standard InChI is InChI=1S/C19H13ClFNO3S/c20-14-8-13(19(24)25)10-17(18(14)23)26-22-16-7-6-12(9-15(16)21)11-4-2-1-3-5-11/h1-10,22-23H,(H,24,25). The van der Waals surface area contributed by atoms with Crippen LogP contribution in [0.3, 0.4) is 0 Å². The largest absolute Gasteiger partial charge is 0.505 e. The maximum absolute atomic E-state index is 14.4. The van der Waals surface area contributed by atoms with Gasteiger partial charge in [-0.25, -0.2) is 9.18 Å². The molecule has 0 aromatic heterocycles. The lowest BCUT2D eigenvalue weighted by molar-refractivity contribution is 0.0696. The maximum Gasteiger partial charge on any atom is 0.335 e. The minimum Gasteiger partial charge on any atom is -0.505 e. The number of phenolic OH excluding ortho intramolecular Hbond substituents is 1. The minimum atomic E-state index is -1.17. The molecular formula is C19H13ClFNO3S. The molecule has 132 valence electrons. The Bertz CT molecular complexity index is 966. The van der Waals surface area contributed by atoms with E-state index in [1.165, 1.54) is 12.1 Å². The number of carbonyl (C=O) groups is 1. The van der Waals surface area contributed by atoms with E-state index >= 15 is 0 Å². The van der Waals surface area contributed by atoms with Crippen LogP contribution in [0.5, 0.6) is 5.75 Å². The smallest absolute Gasteiger partial charge is 0.335 e. The van der Waals surface area contributed by atoms with E-state index in [0.717, 1.165) is 29.1 Å². The van der Waals surface area contributed by atoms with E-state index in [0.29, 0.717) is 0 Å². The van der Waals surface area contributed by atoms with Gasteiger partial charge >= 0.3 is 5.97 Å². The molecule has 0 aliphatic carbocycles. The summed E-state index contributed by atoms with van der Waals surface area (Å²) in [4.78, 5) is 11.3. The highest BCUT2D eigenvalue weighted by molar-refractivity contribution is 8.00. The van der Waals surface area contributed by atoms with Crippen LogP contribution in [0.15, 0.2) is 65.6 Å². The summed E-state index contributed by atoms with van der Waals surface area (Å²) in [5, 5.41) is 18.9. The van der Waals surface area contributed by atoms with Crippen molar-refractivity contribution in [2.45, 2.75) is 4.90 Å². The predicted octanol–water partition coefficient (Wildman–Crippen LogP) is 5.67. The van der Waals surface area contributed by atoms with Crippen molar-refractivity contribution in [3.8, 4) is 16.9 Å². The molecule has 7 heteroatoms. The molecule has 0 atom stereocenters. The number of nitrogens with one attached hydrogen (secondary N) is 1. The van der Waals surface area contributed by atoms with Crippen molar-refractivity contribution in [2.24, 2.45) is 0 Å². The zero-order valence-corrected chi connectivity index (χ0v) is 14.8. The quantitative estimate of drug-likeness (QED) is 0.490. The van der Waals surface area contributed by atoms with Gasteiger partial charge in [-0.3, -0.25) is 0 Å². The molecule has 26 heavy (non-hydrogen) atoms. The Morgan fingerprint density at radius 1 is 1.04 bits per heavy atom. The van der Waals surface area contributed by atoms with Crippen LogP contribution in [0.2, 0.25) is 5.02 Å². The van der Waals surface area contributed by atoms with E-state index < -0.39 is 11.8 Å². The molecule has 0 radical (unpaired) electrons. The SMILES string of the molecule is O=C(O)c1cc(Cl)c(O)c(SNc2ccc(-c3ccccc3)cc2F)c1. The second-order valence-electron chi connectivity index (χ2n) is 5.37. The summed E-state index contributed by atoms with van der Waals surface area (Å²) in [5.41, 5.74) is 1.75. The van der Waals surface area contributed by atoms with Crippen LogP contribution >= 0.6 is 23.5 Å². The third kappa shape index (κ3) is 3.92. The normalized spacial score (nSPS) is 10.5. The molecule has 0 saturated heterocycles. The Labute approximate surface area is 158 Å². The van der Waals surface area contributed by atoms with Gasteiger partial charge in [-0.15, -0.1) is 0 Å². The predicted molar refractivity (Wildman–Crippen MR) is 101 cm³/mol. The summed E-state index contributed by atoms with van der Waals surface area (Å²) in [6.45, 7) is 0. The number of aromatic carboxylic acids is 1. The minimum absolute atomic E-state index is 0.0722. The Hall–Kier alpha value is -2.70. The van der Waals surface area contributed by atoms with Gasteiger partial charge in [-0.05, 0) is 47.3 Å². The molecule has 3 N–H and O–H groups in total. The van der Waals surface area contributed by atoms with Crippen LogP contribution in [0.4, 0.5) is 10.1 Å². The van der Waals surface area contributed by atoms with E-state index in [9.17, 15) is 14.3 Å². The highest BCUT2D eigenvalue weighted by Crippen LogP contribution is 2.37. The molecular weight excluding hydrogens is 377 g/mol. The number of aromatic hydroxyl groups is 1. The first-order valence-electron chi connectivity index (χ1n) is 7.49. The molecule has 0 heterocycles. The fraction of sp³-hybridized carbons (Fsp3) is 0. The number of phenols is 1. The summed E-state index contributed by atoms with van der Waals surface area (Å²) < 4.78 is 17.1. The van der Waals surface area contributed by atoms with Gasteiger partial charge in [0.25, 0.3) is 0 Å². The number of rotatable bonds is 5. The molecule has 0 bridgehead atoms. The lowest BCUT2D eigenvalue weighted by Crippen LogP contribution is -1.98. The summed E-state index contributed by atoms with van der Waals surface area (Å²) in [7, 11) is 0. The molecule has 0 amide bonds. The van der Waals surface area contributed by atoms with Crippen LogP contribution in [0.1, 0.15) is 10.4 Å².